The van der Waals surface area contributed by atoms with Crippen molar-refractivity contribution in [1.29, 1.82) is 5.26 Å². The number of nitriles is 1. The van der Waals surface area contributed by atoms with Crippen molar-refractivity contribution in [3.8, 4) is 6.07 Å². The van der Waals surface area contributed by atoms with E-state index in [0.717, 1.165) is 30.2 Å². The molecule has 0 radical (unpaired) electrons. The minimum Gasteiger partial charge on any atom is -0.370 e. The van der Waals surface area contributed by atoms with E-state index in [1.54, 1.807) is 12.1 Å². The average Bonchev–Trinajstić information content (AvgIpc) is 2.45. The third-order valence-electron chi connectivity index (χ3n) is 2.68. The van der Waals surface area contributed by atoms with Crippen molar-refractivity contribution in [3.05, 3.63) is 41.6 Å². The van der Waals surface area contributed by atoms with Crippen LogP contribution >= 0.6 is 0 Å². The van der Waals surface area contributed by atoms with Gasteiger partial charge in [-0.1, -0.05) is 6.92 Å². The lowest BCUT2D eigenvalue weighted by molar-refractivity contribution is 0.962. The predicted octanol–water partition coefficient (Wildman–Crippen LogP) is 3.22. The van der Waals surface area contributed by atoms with E-state index >= 15 is 0 Å². The largest absolute Gasteiger partial charge is 0.370 e. The molecule has 1 aromatic carbocycles. The molecule has 102 valence electrons. The third-order valence-corrected chi connectivity index (χ3v) is 2.68. The van der Waals surface area contributed by atoms with Crippen molar-refractivity contribution in [2.24, 2.45) is 0 Å². The second kappa shape index (κ2) is 6.53. The highest BCUT2D eigenvalue weighted by Crippen LogP contribution is 2.16. The van der Waals surface area contributed by atoms with E-state index in [9.17, 15) is 0 Å². The van der Waals surface area contributed by atoms with Crippen LogP contribution in [-0.4, -0.2) is 16.5 Å². The first-order chi connectivity index (χ1) is 9.71. The molecule has 0 fully saturated rings. The molecule has 0 unspecified atom stereocenters. The van der Waals surface area contributed by atoms with Gasteiger partial charge >= 0.3 is 0 Å². The smallest absolute Gasteiger partial charge is 0.229 e. The van der Waals surface area contributed by atoms with Gasteiger partial charge in [0.25, 0.3) is 0 Å². The van der Waals surface area contributed by atoms with Crippen molar-refractivity contribution in [3.63, 3.8) is 0 Å². The van der Waals surface area contributed by atoms with Gasteiger partial charge in [-0.3, -0.25) is 0 Å². The summed E-state index contributed by atoms with van der Waals surface area (Å²) in [5.41, 5.74) is 2.39. The minimum absolute atomic E-state index is 0.549. The number of aromatic nitrogens is 2. The predicted molar refractivity (Wildman–Crippen MR) is 80.0 cm³/mol. The van der Waals surface area contributed by atoms with Gasteiger partial charge in [-0.15, -0.1) is 0 Å². The summed E-state index contributed by atoms with van der Waals surface area (Å²) in [6.07, 6.45) is 1.04. The van der Waals surface area contributed by atoms with E-state index in [1.165, 1.54) is 0 Å². The molecule has 5 heteroatoms. The Labute approximate surface area is 118 Å². The molecule has 0 atom stereocenters. The summed E-state index contributed by atoms with van der Waals surface area (Å²) in [6.45, 7) is 4.92. The van der Waals surface area contributed by atoms with Gasteiger partial charge in [-0.25, -0.2) is 4.98 Å². The standard InChI is InChI=1S/C15H17N5/c1-3-8-17-14-9-11(2)18-15(20-14)19-13-6-4-12(10-16)5-7-13/h4-7,9H,3,8H2,1-2H3,(H2,17,18,19,20). The van der Waals surface area contributed by atoms with E-state index in [2.05, 4.69) is 33.6 Å². The lowest BCUT2D eigenvalue weighted by Gasteiger charge is -2.09. The Morgan fingerprint density at radius 3 is 2.60 bits per heavy atom. The second-order valence-corrected chi connectivity index (χ2v) is 4.46. The maximum atomic E-state index is 8.77. The highest BCUT2D eigenvalue weighted by atomic mass is 15.1. The van der Waals surface area contributed by atoms with Crippen LogP contribution in [0.2, 0.25) is 0 Å². The fourth-order valence-electron chi connectivity index (χ4n) is 1.73. The number of benzene rings is 1. The zero-order valence-corrected chi connectivity index (χ0v) is 11.6. The number of rotatable bonds is 5. The number of hydrogen-bond donors (Lipinski definition) is 2. The molecular formula is C15H17N5. The van der Waals surface area contributed by atoms with Crippen LogP contribution in [-0.2, 0) is 0 Å². The number of anilines is 3. The molecule has 0 spiro atoms. The summed E-state index contributed by atoms with van der Waals surface area (Å²) in [7, 11) is 0. The van der Waals surface area contributed by atoms with E-state index in [4.69, 9.17) is 5.26 Å². The monoisotopic (exact) mass is 267 g/mol. The normalized spacial score (nSPS) is 9.85. The van der Waals surface area contributed by atoms with Gasteiger partial charge in [0.15, 0.2) is 0 Å². The quantitative estimate of drug-likeness (QED) is 0.870. The third kappa shape index (κ3) is 3.69. The van der Waals surface area contributed by atoms with Gasteiger partial charge in [0, 0.05) is 24.0 Å². The van der Waals surface area contributed by atoms with Crippen molar-refractivity contribution in [2.75, 3.05) is 17.2 Å². The van der Waals surface area contributed by atoms with Crippen molar-refractivity contribution < 1.29 is 0 Å². The van der Waals surface area contributed by atoms with Gasteiger partial charge in [0.05, 0.1) is 11.6 Å². The summed E-state index contributed by atoms with van der Waals surface area (Å²) in [5, 5.41) is 15.2. The van der Waals surface area contributed by atoms with Gasteiger partial charge in [0.2, 0.25) is 5.95 Å². The van der Waals surface area contributed by atoms with Crippen LogP contribution in [0.1, 0.15) is 24.6 Å². The molecule has 1 aromatic heterocycles. The lowest BCUT2D eigenvalue weighted by Crippen LogP contribution is -2.06. The van der Waals surface area contributed by atoms with Crippen LogP contribution < -0.4 is 10.6 Å². The zero-order valence-electron chi connectivity index (χ0n) is 11.6. The molecule has 1 heterocycles. The average molecular weight is 267 g/mol. The Morgan fingerprint density at radius 1 is 1.20 bits per heavy atom. The van der Waals surface area contributed by atoms with Gasteiger partial charge in [-0.2, -0.15) is 10.2 Å². The summed E-state index contributed by atoms with van der Waals surface area (Å²) in [4.78, 5) is 8.76. The summed E-state index contributed by atoms with van der Waals surface area (Å²) < 4.78 is 0. The molecule has 0 aliphatic rings. The molecule has 0 saturated heterocycles. The van der Waals surface area contributed by atoms with Crippen molar-refractivity contribution in [1.82, 2.24) is 9.97 Å². The highest BCUT2D eigenvalue weighted by molar-refractivity contribution is 5.56. The molecule has 0 bridgehead atoms. The molecule has 2 rings (SSSR count). The number of hydrogen-bond acceptors (Lipinski definition) is 5. The number of aryl methyl sites for hydroxylation is 1. The molecule has 5 nitrogen and oxygen atoms in total. The molecular weight excluding hydrogens is 250 g/mol. The molecule has 0 aliphatic carbocycles. The Morgan fingerprint density at radius 2 is 1.95 bits per heavy atom. The van der Waals surface area contributed by atoms with E-state index in [1.807, 2.05) is 25.1 Å². The van der Waals surface area contributed by atoms with E-state index < -0.39 is 0 Å². The Kier molecular flexibility index (Phi) is 4.51. The van der Waals surface area contributed by atoms with Crippen LogP contribution in [0.25, 0.3) is 0 Å². The molecule has 2 N–H and O–H groups in total. The Bertz CT molecular complexity index is 613. The van der Waals surface area contributed by atoms with Gasteiger partial charge in [-0.05, 0) is 37.6 Å². The second-order valence-electron chi connectivity index (χ2n) is 4.46. The van der Waals surface area contributed by atoms with Crippen LogP contribution in [0.15, 0.2) is 30.3 Å². The fraction of sp³-hybridized carbons (Fsp3) is 0.267. The minimum atomic E-state index is 0.549. The molecule has 2 aromatic rings. The van der Waals surface area contributed by atoms with Gasteiger partial charge in [0.1, 0.15) is 5.82 Å². The number of nitrogens with zero attached hydrogens (tertiary/aromatic N) is 3. The van der Waals surface area contributed by atoms with Crippen LogP contribution in [0, 0.1) is 18.3 Å². The van der Waals surface area contributed by atoms with Gasteiger partial charge < -0.3 is 10.6 Å². The summed E-state index contributed by atoms with van der Waals surface area (Å²) >= 11 is 0. The van der Waals surface area contributed by atoms with Crippen LogP contribution in [0.4, 0.5) is 17.5 Å². The maximum absolute atomic E-state index is 8.77. The van der Waals surface area contributed by atoms with Crippen molar-refractivity contribution >= 4 is 17.5 Å². The molecule has 0 saturated carbocycles. The molecule has 0 aliphatic heterocycles. The lowest BCUT2D eigenvalue weighted by atomic mass is 10.2. The first-order valence-electron chi connectivity index (χ1n) is 6.58. The first-order valence-corrected chi connectivity index (χ1v) is 6.58. The van der Waals surface area contributed by atoms with Crippen molar-refractivity contribution in [2.45, 2.75) is 20.3 Å². The maximum Gasteiger partial charge on any atom is 0.229 e. The summed E-state index contributed by atoms with van der Waals surface area (Å²) in [5.74, 6) is 1.36. The number of nitrogens with one attached hydrogen (secondary N) is 2. The van der Waals surface area contributed by atoms with Crippen LogP contribution in [0.3, 0.4) is 0 Å². The first kappa shape index (κ1) is 13.8. The Balaban J connectivity index is 2.15. The van der Waals surface area contributed by atoms with E-state index in [-0.39, 0.29) is 0 Å². The van der Waals surface area contributed by atoms with E-state index in [0.29, 0.717) is 11.5 Å². The Hall–Kier alpha value is -2.61. The molecule has 0 amide bonds. The fourth-order valence-corrected chi connectivity index (χ4v) is 1.73. The summed E-state index contributed by atoms with van der Waals surface area (Å²) in [6, 6.07) is 11.2. The van der Waals surface area contributed by atoms with Crippen LogP contribution in [0.5, 0.6) is 0 Å². The highest BCUT2D eigenvalue weighted by Gasteiger charge is 2.02. The SMILES string of the molecule is CCCNc1cc(C)nc(Nc2ccc(C#N)cc2)n1. The zero-order chi connectivity index (χ0) is 14.4. The molecule has 20 heavy (non-hydrogen) atoms. The topological polar surface area (TPSA) is 73.6 Å².